The number of carbonyl (C=O) groups is 1. The van der Waals surface area contributed by atoms with Crippen molar-refractivity contribution in [3.8, 4) is 11.5 Å². The third kappa shape index (κ3) is 6.26. The number of benzene rings is 1. The molecule has 11 nitrogen and oxygen atoms in total. The van der Waals surface area contributed by atoms with E-state index in [0.29, 0.717) is 64.9 Å². The highest BCUT2D eigenvalue weighted by Crippen LogP contribution is 2.37. The zero-order chi connectivity index (χ0) is 30.8. The highest BCUT2D eigenvalue weighted by Gasteiger charge is 2.34. The van der Waals surface area contributed by atoms with Crippen LogP contribution in [0.3, 0.4) is 0 Å². The third-order valence-electron chi connectivity index (χ3n) is 6.31. The number of aromatic nitrogens is 3. The van der Waals surface area contributed by atoms with Gasteiger partial charge in [0.25, 0.3) is 11.1 Å². The molecule has 4 aromatic rings. The lowest BCUT2D eigenvalue weighted by Crippen LogP contribution is -2.39. The maximum Gasteiger partial charge on any atom is 0.338 e. The molecule has 0 spiro atoms. The van der Waals surface area contributed by atoms with Crippen molar-refractivity contribution in [3.63, 3.8) is 0 Å². The lowest BCUT2D eigenvalue weighted by atomic mass is 9.95. The number of halogens is 1. The number of esters is 1. The van der Waals surface area contributed by atoms with Crippen LogP contribution in [0.2, 0.25) is 0 Å². The van der Waals surface area contributed by atoms with Gasteiger partial charge in [-0.1, -0.05) is 17.4 Å². The van der Waals surface area contributed by atoms with Crippen molar-refractivity contribution >= 4 is 51.1 Å². The van der Waals surface area contributed by atoms with Crippen molar-refractivity contribution in [2.24, 2.45) is 4.99 Å². The predicted molar refractivity (Wildman–Crippen MR) is 165 cm³/mol. The van der Waals surface area contributed by atoms with E-state index in [1.165, 1.54) is 22.0 Å². The number of carbonyl (C=O) groups excluding carboxylic acids is 1. The average Bonchev–Trinajstić information content (AvgIpc) is 3.44. The van der Waals surface area contributed by atoms with Crippen LogP contribution in [0.4, 0.5) is 0 Å². The molecule has 4 heterocycles. The van der Waals surface area contributed by atoms with Gasteiger partial charge < -0.3 is 23.6 Å². The van der Waals surface area contributed by atoms with Crippen molar-refractivity contribution < 1.29 is 23.4 Å². The monoisotopic (exact) mass is 686 g/mol. The summed E-state index contributed by atoms with van der Waals surface area (Å²) in [6, 6.07) is 7.60. The Morgan fingerprint density at radius 2 is 1.98 bits per heavy atom. The van der Waals surface area contributed by atoms with Gasteiger partial charge in [0, 0.05) is 17.8 Å². The Bertz CT molecular complexity index is 1990. The molecule has 1 N–H and O–H groups in total. The van der Waals surface area contributed by atoms with E-state index in [2.05, 4.69) is 30.9 Å². The minimum absolute atomic E-state index is 0.166. The SMILES string of the molecule is CCOC(=O)C1=C(C)N=c2s/c(=C/c3cc(Br)c(Sc4nc(C)cc(=O)[nH]4)o3)c(=O)n2[C@@H]1c1ccc(OC)c(OCC)c1. The average molecular weight is 688 g/mol. The second-order valence-electron chi connectivity index (χ2n) is 9.22. The molecule has 5 rings (SSSR count). The highest BCUT2D eigenvalue weighted by atomic mass is 79.9. The van der Waals surface area contributed by atoms with E-state index in [9.17, 15) is 14.4 Å². The molecular weight excluding hydrogens is 660 g/mol. The van der Waals surface area contributed by atoms with Gasteiger partial charge in [0.15, 0.2) is 26.5 Å². The fourth-order valence-electron chi connectivity index (χ4n) is 4.57. The Balaban J connectivity index is 1.62. The van der Waals surface area contributed by atoms with E-state index < -0.39 is 12.0 Å². The molecule has 0 bridgehead atoms. The van der Waals surface area contributed by atoms with Gasteiger partial charge in [-0.2, -0.15) is 0 Å². The van der Waals surface area contributed by atoms with Crippen molar-refractivity contribution in [2.75, 3.05) is 20.3 Å². The first kappa shape index (κ1) is 30.6. The topological polar surface area (TPSA) is 138 Å². The Kier molecular flexibility index (Phi) is 9.08. The molecule has 224 valence electrons. The second kappa shape index (κ2) is 12.8. The van der Waals surface area contributed by atoms with Gasteiger partial charge in [0.2, 0.25) is 0 Å². The molecular formula is C29H27BrN4O7S2. The molecule has 0 unspecified atom stereocenters. The van der Waals surface area contributed by atoms with Crippen LogP contribution in [0.15, 0.2) is 75.3 Å². The maximum atomic E-state index is 14.0. The predicted octanol–water partition coefficient (Wildman–Crippen LogP) is 4.10. The van der Waals surface area contributed by atoms with E-state index in [1.54, 1.807) is 58.2 Å². The number of hydrogen-bond acceptors (Lipinski definition) is 11. The summed E-state index contributed by atoms with van der Waals surface area (Å²) in [5, 5.41) is 0.826. The van der Waals surface area contributed by atoms with Crippen LogP contribution in [0.25, 0.3) is 6.08 Å². The first-order valence-electron chi connectivity index (χ1n) is 13.2. The number of allylic oxidation sites excluding steroid dienone is 1. The summed E-state index contributed by atoms with van der Waals surface area (Å²) in [4.78, 5) is 51.1. The van der Waals surface area contributed by atoms with E-state index in [-0.39, 0.29) is 23.3 Å². The summed E-state index contributed by atoms with van der Waals surface area (Å²) in [6.45, 7) is 7.60. The fraction of sp³-hybridized carbons (Fsp3) is 0.276. The summed E-state index contributed by atoms with van der Waals surface area (Å²) in [7, 11) is 1.54. The number of aryl methyl sites for hydroxylation is 1. The van der Waals surface area contributed by atoms with Crippen molar-refractivity contribution in [1.82, 2.24) is 14.5 Å². The van der Waals surface area contributed by atoms with Crippen LogP contribution >= 0.6 is 39.0 Å². The number of ether oxygens (including phenoxy) is 3. The standard InChI is InChI=1S/C29H27BrN4O7S2/c1-6-39-20-11-16(8-9-19(20)38-5)24-23(26(37)40-7-2)15(4)32-29-34(24)25(36)21(42-29)13-17-12-18(30)27(41-17)43-28-31-14(3)10-22(35)33-28/h8-13,24H,6-7H2,1-5H3,(H,31,33,35)/b21-13+/t24-/m1/s1. The van der Waals surface area contributed by atoms with Gasteiger partial charge in [-0.15, -0.1) is 0 Å². The number of furan rings is 1. The molecule has 0 aliphatic carbocycles. The molecule has 1 aliphatic heterocycles. The molecule has 0 radical (unpaired) electrons. The van der Waals surface area contributed by atoms with Crippen LogP contribution in [0.1, 0.15) is 43.8 Å². The summed E-state index contributed by atoms with van der Waals surface area (Å²) < 4.78 is 25.1. The lowest BCUT2D eigenvalue weighted by molar-refractivity contribution is -0.139. The Labute approximate surface area is 262 Å². The van der Waals surface area contributed by atoms with E-state index in [0.717, 1.165) is 11.8 Å². The maximum absolute atomic E-state index is 14.0. The van der Waals surface area contributed by atoms with Crippen molar-refractivity contribution in [1.29, 1.82) is 0 Å². The zero-order valence-electron chi connectivity index (χ0n) is 23.8. The van der Waals surface area contributed by atoms with Crippen LogP contribution in [-0.2, 0) is 9.53 Å². The Morgan fingerprint density at radius 3 is 2.67 bits per heavy atom. The summed E-state index contributed by atoms with van der Waals surface area (Å²) >= 11 is 5.80. The molecule has 14 heteroatoms. The Hall–Kier alpha value is -3.88. The summed E-state index contributed by atoms with van der Waals surface area (Å²) in [6.07, 6.45) is 1.62. The van der Waals surface area contributed by atoms with Gasteiger partial charge in [-0.25, -0.2) is 14.8 Å². The first-order valence-corrected chi connectivity index (χ1v) is 15.6. The van der Waals surface area contributed by atoms with Crippen molar-refractivity contribution in [2.45, 2.75) is 44.0 Å². The number of methoxy groups -OCH3 is 1. The molecule has 43 heavy (non-hydrogen) atoms. The van der Waals surface area contributed by atoms with E-state index in [1.807, 2.05) is 6.92 Å². The lowest BCUT2D eigenvalue weighted by Gasteiger charge is -2.25. The van der Waals surface area contributed by atoms with Gasteiger partial charge in [-0.3, -0.25) is 14.2 Å². The molecule has 0 fully saturated rings. The van der Waals surface area contributed by atoms with Gasteiger partial charge in [0.05, 0.1) is 46.6 Å². The minimum atomic E-state index is -0.818. The molecule has 1 atom stereocenters. The molecule has 0 saturated heterocycles. The molecule has 1 aromatic carbocycles. The number of rotatable bonds is 9. The summed E-state index contributed by atoms with van der Waals surface area (Å²) in [5.41, 5.74) is 1.29. The quantitative estimate of drug-likeness (QED) is 0.204. The summed E-state index contributed by atoms with van der Waals surface area (Å²) in [5.74, 6) is 0.850. The van der Waals surface area contributed by atoms with E-state index in [4.69, 9.17) is 18.6 Å². The minimum Gasteiger partial charge on any atom is -0.493 e. The normalized spacial score (nSPS) is 14.8. The number of hydrogen-bond donors (Lipinski definition) is 1. The molecule has 0 saturated carbocycles. The number of H-pyrrole nitrogens is 1. The van der Waals surface area contributed by atoms with Crippen LogP contribution < -0.4 is 29.9 Å². The van der Waals surface area contributed by atoms with Crippen LogP contribution in [-0.4, -0.2) is 40.8 Å². The number of aromatic amines is 1. The molecule has 1 aliphatic rings. The Morgan fingerprint density at radius 1 is 1.19 bits per heavy atom. The number of nitrogens with zero attached hydrogens (tertiary/aromatic N) is 3. The number of thiazole rings is 1. The fourth-order valence-corrected chi connectivity index (χ4v) is 6.95. The highest BCUT2D eigenvalue weighted by molar-refractivity contribution is 9.10. The van der Waals surface area contributed by atoms with Gasteiger partial charge in [-0.05, 0) is 79.1 Å². The van der Waals surface area contributed by atoms with Gasteiger partial charge >= 0.3 is 5.97 Å². The third-order valence-corrected chi connectivity index (χ3v) is 9.02. The smallest absolute Gasteiger partial charge is 0.338 e. The van der Waals surface area contributed by atoms with Crippen LogP contribution in [0.5, 0.6) is 11.5 Å². The number of fused-ring (bicyclic) bond motifs is 1. The first-order chi connectivity index (χ1) is 20.6. The number of nitrogens with one attached hydrogen (secondary N) is 1. The molecule has 3 aromatic heterocycles. The molecule has 0 amide bonds. The zero-order valence-corrected chi connectivity index (χ0v) is 27.1. The van der Waals surface area contributed by atoms with Crippen molar-refractivity contribution in [3.05, 3.63) is 93.1 Å². The van der Waals surface area contributed by atoms with Crippen LogP contribution in [0, 0.1) is 6.92 Å². The van der Waals surface area contributed by atoms with E-state index >= 15 is 0 Å². The second-order valence-corrected chi connectivity index (χ2v) is 12.0. The largest absolute Gasteiger partial charge is 0.493 e. The van der Waals surface area contributed by atoms with Gasteiger partial charge in [0.1, 0.15) is 5.76 Å².